The summed E-state index contributed by atoms with van der Waals surface area (Å²) in [6.07, 6.45) is 3.29. The zero-order chi connectivity index (χ0) is 12.0. The number of rotatable bonds is 2. The fourth-order valence-electron chi connectivity index (χ4n) is 2.09. The van der Waals surface area contributed by atoms with Crippen LogP contribution < -0.4 is 5.76 Å². The third kappa shape index (κ3) is 1.36. The molecule has 0 bridgehead atoms. The van der Waals surface area contributed by atoms with Crippen LogP contribution in [0, 0.1) is 0 Å². The highest BCUT2D eigenvalue weighted by molar-refractivity contribution is 5.74. The van der Waals surface area contributed by atoms with Gasteiger partial charge in [-0.2, -0.15) is 4.99 Å². The molecule has 86 valence electrons. The van der Waals surface area contributed by atoms with E-state index in [1.54, 1.807) is 19.2 Å². The van der Waals surface area contributed by atoms with Gasteiger partial charge in [-0.05, 0) is 30.5 Å². The van der Waals surface area contributed by atoms with Gasteiger partial charge in [-0.1, -0.05) is 6.07 Å². The maximum atomic E-state index is 11.4. The van der Waals surface area contributed by atoms with Crippen LogP contribution in [-0.2, 0) is 17.4 Å². The molecule has 1 aliphatic carbocycles. The predicted octanol–water partition coefficient (Wildman–Crippen LogP) is 1.46. The molecule has 1 aliphatic rings. The summed E-state index contributed by atoms with van der Waals surface area (Å²) in [4.78, 5) is 25.6. The number of carbonyl (C=O) groups excluding carboxylic acids is 1. The van der Waals surface area contributed by atoms with Crippen LogP contribution >= 0.6 is 0 Å². The van der Waals surface area contributed by atoms with E-state index >= 15 is 0 Å². The Hall–Kier alpha value is -2.13. The average molecular weight is 230 g/mol. The summed E-state index contributed by atoms with van der Waals surface area (Å²) in [5.74, 6) is -0.388. The highest BCUT2D eigenvalue weighted by atomic mass is 16.4. The molecule has 3 rings (SSSR count). The Morgan fingerprint density at radius 2 is 2.24 bits per heavy atom. The quantitative estimate of drug-likeness (QED) is 0.579. The van der Waals surface area contributed by atoms with Crippen LogP contribution in [0.3, 0.4) is 0 Å². The van der Waals surface area contributed by atoms with E-state index in [1.165, 1.54) is 4.57 Å². The zero-order valence-corrected chi connectivity index (χ0v) is 9.27. The molecule has 17 heavy (non-hydrogen) atoms. The van der Waals surface area contributed by atoms with Crippen molar-refractivity contribution >= 4 is 17.2 Å². The Morgan fingerprint density at radius 1 is 1.47 bits per heavy atom. The molecule has 1 saturated carbocycles. The zero-order valence-electron chi connectivity index (χ0n) is 9.27. The van der Waals surface area contributed by atoms with Crippen molar-refractivity contribution in [3.8, 4) is 0 Å². The van der Waals surface area contributed by atoms with Crippen LogP contribution in [0.25, 0.3) is 11.1 Å². The van der Waals surface area contributed by atoms with E-state index in [-0.39, 0.29) is 5.76 Å². The summed E-state index contributed by atoms with van der Waals surface area (Å²) in [6.45, 7) is 0. The number of aryl methyl sites for hydroxylation is 1. The molecular formula is C12H10N2O3. The minimum atomic E-state index is -0.426. The van der Waals surface area contributed by atoms with Gasteiger partial charge < -0.3 is 4.42 Å². The summed E-state index contributed by atoms with van der Waals surface area (Å²) in [6, 6.07) is 5.48. The number of fused-ring (bicyclic) bond motifs is 1. The lowest BCUT2D eigenvalue weighted by Gasteiger charge is -2.07. The first-order valence-corrected chi connectivity index (χ1v) is 5.35. The third-order valence-electron chi connectivity index (χ3n) is 3.31. The van der Waals surface area contributed by atoms with Crippen LogP contribution in [0.2, 0.25) is 0 Å². The van der Waals surface area contributed by atoms with Gasteiger partial charge in [-0.25, -0.2) is 9.59 Å². The Labute approximate surface area is 96.4 Å². The molecule has 1 aromatic carbocycles. The Kier molecular flexibility index (Phi) is 1.88. The maximum Gasteiger partial charge on any atom is 0.419 e. The number of oxazole rings is 1. The van der Waals surface area contributed by atoms with E-state index in [1.807, 2.05) is 12.1 Å². The minimum Gasteiger partial charge on any atom is -0.408 e. The lowest BCUT2D eigenvalue weighted by atomic mass is 10.1. The topological polar surface area (TPSA) is 64.6 Å². The molecule has 0 N–H and O–H groups in total. The average Bonchev–Trinajstić information content (AvgIpc) is 3.04. The second-order valence-corrected chi connectivity index (χ2v) is 4.34. The first-order chi connectivity index (χ1) is 8.16. The summed E-state index contributed by atoms with van der Waals surface area (Å²) in [5.41, 5.74) is 1.75. The number of nitrogens with zero attached hydrogens (tertiary/aromatic N) is 2. The van der Waals surface area contributed by atoms with Crippen LogP contribution in [0.15, 0.2) is 32.4 Å². The molecular weight excluding hydrogens is 220 g/mol. The summed E-state index contributed by atoms with van der Waals surface area (Å²) < 4.78 is 6.55. The molecule has 0 saturated heterocycles. The molecule has 1 heterocycles. The van der Waals surface area contributed by atoms with Crippen molar-refractivity contribution in [2.45, 2.75) is 18.4 Å². The summed E-state index contributed by atoms with van der Waals surface area (Å²) in [7, 11) is 1.66. The van der Waals surface area contributed by atoms with Gasteiger partial charge in [0.25, 0.3) is 0 Å². The molecule has 1 fully saturated rings. The van der Waals surface area contributed by atoms with Gasteiger partial charge in [-0.3, -0.25) is 4.57 Å². The van der Waals surface area contributed by atoms with Crippen molar-refractivity contribution in [3.63, 3.8) is 0 Å². The van der Waals surface area contributed by atoms with Crippen LogP contribution in [-0.4, -0.2) is 10.6 Å². The molecule has 0 spiro atoms. The van der Waals surface area contributed by atoms with Crippen LogP contribution in [0.5, 0.6) is 0 Å². The van der Waals surface area contributed by atoms with Gasteiger partial charge >= 0.3 is 5.76 Å². The van der Waals surface area contributed by atoms with Gasteiger partial charge in [0.2, 0.25) is 6.08 Å². The number of aliphatic imine (C=N–C) groups is 1. The number of hydrogen-bond acceptors (Lipinski definition) is 4. The summed E-state index contributed by atoms with van der Waals surface area (Å²) in [5, 5.41) is 0. The van der Waals surface area contributed by atoms with Gasteiger partial charge in [0, 0.05) is 7.05 Å². The standard InChI is InChI=1S/C12H10N2O3/c1-14-9-3-2-8(6-10(9)17-11(14)16)12(4-5-12)13-7-15/h2-3,6H,4-5H2,1H3. The van der Waals surface area contributed by atoms with Gasteiger partial charge in [0.15, 0.2) is 5.58 Å². The molecule has 5 nitrogen and oxygen atoms in total. The summed E-state index contributed by atoms with van der Waals surface area (Å²) >= 11 is 0. The number of isocyanates is 1. The number of aromatic nitrogens is 1. The second-order valence-electron chi connectivity index (χ2n) is 4.34. The fourth-order valence-corrected chi connectivity index (χ4v) is 2.09. The van der Waals surface area contributed by atoms with E-state index in [2.05, 4.69) is 4.99 Å². The van der Waals surface area contributed by atoms with E-state index in [4.69, 9.17) is 4.42 Å². The molecule has 0 aliphatic heterocycles. The fraction of sp³-hybridized carbons (Fsp3) is 0.333. The largest absolute Gasteiger partial charge is 0.419 e. The van der Waals surface area contributed by atoms with Crippen LogP contribution in [0.1, 0.15) is 18.4 Å². The highest BCUT2D eigenvalue weighted by Crippen LogP contribution is 2.49. The van der Waals surface area contributed by atoms with Gasteiger partial charge in [0.1, 0.15) is 0 Å². The molecule has 1 aromatic heterocycles. The molecule has 0 amide bonds. The molecule has 5 heteroatoms. The monoisotopic (exact) mass is 230 g/mol. The van der Waals surface area contributed by atoms with Gasteiger partial charge in [-0.15, -0.1) is 0 Å². The Balaban J connectivity index is 2.21. The smallest absolute Gasteiger partial charge is 0.408 e. The lowest BCUT2D eigenvalue weighted by molar-refractivity contribution is 0.527. The highest BCUT2D eigenvalue weighted by Gasteiger charge is 2.45. The Bertz CT molecular complexity index is 700. The second kappa shape index (κ2) is 3.18. The van der Waals surface area contributed by atoms with Gasteiger partial charge in [0.05, 0.1) is 11.1 Å². The molecule has 0 radical (unpaired) electrons. The van der Waals surface area contributed by atoms with E-state index in [0.717, 1.165) is 23.9 Å². The van der Waals surface area contributed by atoms with Crippen molar-refractivity contribution < 1.29 is 9.21 Å². The van der Waals surface area contributed by atoms with Crippen LogP contribution in [0.4, 0.5) is 0 Å². The van der Waals surface area contributed by atoms with Crippen molar-refractivity contribution in [1.29, 1.82) is 0 Å². The minimum absolute atomic E-state index is 0.388. The van der Waals surface area contributed by atoms with E-state index < -0.39 is 5.54 Å². The SMILES string of the molecule is Cn1c(=O)oc2cc(C3(N=C=O)CC3)ccc21. The first kappa shape index (κ1) is 10.1. The molecule has 0 atom stereocenters. The molecule has 0 unspecified atom stereocenters. The Morgan fingerprint density at radius 3 is 2.88 bits per heavy atom. The number of benzene rings is 1. The van der Waals surface area contributed by atoms with Crippen molar-refractivity contribution in [3.05, 3.63) is 34.3 Å². The van der Waals surface area contributed by atoms with Crippen molar-refractivity contribution in [1.82, 2.24) is 4.57 Å². The molecule has 2 aromatic rings. The third-order valence-corrected chi connectivity index (χ3v) is 3.31. The van der Waals surface area contributed by atoms with Crippen molar-refractivity contribution in [2.75, 3.05) is 0 Å². The maximum absolute atomic E-state index is 11.4. The normalized spacial score (nSPS) is 16.8. The van der Waals surface area contributed by atoms with Crippen molar-refractivity contribution in [2.24, 2.45) is 12.0 Å². The number of hydrogen-bond donors (Lipinski definition) is 0. The lowest BCUT2D eigenvalue weighted by Crippen LogP contribution is -2.08. The van der Waals surface area contributed by atoms with E-state index in [9.17, 15) is 9.59 Å². The van der Waals surface area contributed by atoms with E-state index in [0.29, 0.717) is 5.58 Å². The predicted molar refractivity (Wildman–Crippen MR) is 60.5 cm³/mol. The first-order valence-electron chi connectivity index (χ1n) is 5.35.